The highest BCUT2D eigenvalue weighted by molar-refractivity contribution is 9.10. The second kappa shape index (κ2) is 3.70. The highest BCUT2D eigenvalue weighted by Crippen LogP contribution is 2.38. The maximum absolute atomic E-state index is 9.43. The van der Waals surface area contributed by atoms with Crippen molar-refractivity contribution >= 4 is 61.8 Å². The number of fused-ring (bicyclic) bond motifs is 1. The van der Waals surface area contributed by atoms with Gasteiger partial charge in [-0.25, -0.2) is 4.98 Å². The van der Waals surface area contributed by atoms with Crippen LogP contribution in [0, 0.1) is 0 Å². The summed E-state index contributed by atoms with van der Waals surface area (Å²) in [6.07, 6.45) is 0. The van der Waals surface area contributed by atoms with Gasteiger partial charge in [0.25, 0.3) is 0 Å². The monoisotopic (exact) mass is 328 g/mol. The minimum atomic E-state index is -1.60. The van der Waals surface area contributed by atoms with E-state index in [0.717, 1.165) is 0 Å². The molecule has 1 heterocycles. The number of rotatable bonds is 0. The molecule has 0 bridgehead atoms. The maximum Gasteiger partial charge on any atom is 0.248 e. The fraction of sp³-hybridized carbons (Fsp3) is 0.125. The average molecular weight is 330 g/mol. The molecule has 15 heavy (non-hydrogen) atoms. The van der Waals surface area contributed by atoms with E-state index in [9.17, 15) is 5.11 Å². The summed E-state index contributed by atoms with van der Waals surface area (Å²) in [6, 6.07) is 3.15. The number of benzene rings is 1. The van der Waals surface area contributed by atoms with Crippen LogP contribution in [0.5, 0.6) is 5.75 Å². The van der Waals surface area contributed by atoms with Crippen molar-refractivity contribution in [3.8, 4) is 5.75 Å². The molecule has 1 aromatic heterocycles. The Morgan fingerprint density at radius 2 is 2.00 bits per heavy atom. The molecule has 7 heteroatoms. The molecule has 0 spiro atoms. The van der Waals surface area contributed by atoms with Crippen molar-refractivity contribution < 1.29 is 5.11 Å². The number of alkyl halides is 3. The predicted octanol–water partition coefficient (Wildman–Crippen LogP) is 3.86. The lowest BCUT2D eigenvalue weighted by Crippen LogP contribution is -2.01. The van der Waals surface area contributed by atoms with Crippen LogP contribution < -0.4 is 0 Å². The topological polar surface area (TPSA) is 48.9 Å². The lowest BCUT2D eigenvalue weighted by atomic mass is 10.3. The molecule has 0 aliphatic heterocycles. The molecule has 2 aromatic rings. The zero-order valence-corrected chi connectivity index (χ0v) is 10.9. The summed E-state index contributed by atoms with van der Waals surface area (Å²) >= 11 is 20.2. The minimum Gasteiger partial charge on any atom is -0.507 e. The van der Waals surface area contributed by atoms with E-state index in [1.807, 2.05) is 0 Å². The Hall–Kier alpha value is -0.160. The minimum absolute atomic E-state index is 0.0878. The largest absolute Gasteiger partial charge is 0.507 e. The van der Waals surface area contributed by atoms with E-state index in [1.165, 1.54) is 6.07 Å². The van der Waals surface area contributed by atoms with E-state index in [1.54, 1.807) is 6.07 Å². The Kier molecular flexibility index (Phi) is 2.79. The van der Waals surface area contributed by atoms with Crippen LogP contribution in [0.3, 0.4) is 0 Å². The summed E-state index contributed by atoms with van der Waals surface area (Å²) in [4.78, 5) is 6.91. The summed E-state index contributed by atoms with van der Waals surface area (Å²) in [5, 5.41) is 9.43. The van der Waals surface area contributed by atoms with Crippen LogP contribution in [0.1, 0.15) is 5.82 Å². The highest BCUT2D eigenvalue weighted by Gasteiger charge is 2.27. The van der Waals surface area contributed by atoms with Crippen LogP contribution in [-0.4, -0.2) is 15.1 Å². The number of imidazole rings is 1. The zero-order valence-electron chi connectivity index (χ0n) is 7.06. The molecule has 0 saturated carbocycles. The number of H-pyrrole nitrogens is 1. The third kappa shape index (κ3) is 2.18. The SMILES string of the molecule is Oc1cc2nc(C(Cl)(Cl)Cl)[nH]c2cc1Br. The first kappa shape index (κ1) is 11.3. The van der Waals surface area contributed by atoms with E-state index in [-0.39, 0.29) is 11.6 Å². The lowest BCUT2D eigenvalue weighted by Gasteiger charge is -2.04. The number of hydrogen-bond donors (Lipinski definition) is 2. The van der Waals surface area contributed by atoms with E-state index in [0.29, 0.717) is 15.5 Å². The molecular weight excluding hydrogens is 326 g/mol. The van der Waals surface area contributed by atoms with Gasteiger partial charge in [-0.15, -0.1) is 0 Å². The molecule has 0 amide bonds. The van der Waals surface area contributed by atoms with Gasteiger partial charge in [0.1, 0.15) is 5.75 Å². The van der Waals surface area contributed by atoms with E-state index < -0.39 is 3.79 Å². The van der Waals surface area contributed by atoms with Gasteiger partial charge in [0.05, 0.1) is 15.5 Å². The first-order valence-electron chi connectivity index (χ1n) is 3.83. The Balaban J connectivity index is 2.66. The molecule has 0 aliphatic rings. The summed E-state index contributed by atoms with van der Waals surface area (Å²) in [7, 11) is 0. The number of phenolic OH excluding ortho intramolecular Hbond substituents is 1. The fourth-order valence-corrected chi connectivity index (χ4v) is 1.77. The standard InChI is InChI=1S/C8H4BrCl3N2O/c9-3-1-4-5(2-6(3)15)14-7(13-4)8(10,11)12/h1-2,15H,(H,13,14). The van der Waals surface area contributed by atoms with Gasteiger partial charge >= 0.3 is 0 Å². The molecule has 3 nitrogen and oxygen atoms in total. The average Bonchev–Trinajstić information content (AvgIpc) is 2.47. The molecule has 0 unspecified atom stereocenters. The van der Waals surface area contributed by atoms with Crippen molar-refractivity contribution in [1.29, 1.82) is 0 Å². The van der Waals surface area contributed by atoms with Crippen molar-refractivity contribution in [3.63, 3.8) is 0 Å². The number of hydrogen-bond acceptors (Lipinski definition) is 2. The smallest absolute Gasteiger partial charge is 0.248 e. The summed E-state index contributed by atoms with van der Waals surface area (Å²) in [5.74, 6) is 0.310. The lowest BCUT2D eigenvalue weighted by molar-refractivity contribution is 0.472. The van der Waals surface area contributed by atoms with Crippen molar-refractivity contribution in [2.75, 3.05) is 0 Å². The Morgan fingerprint density at radius 3 is 2.60 bits per heavy atom. The van der Waals surface area contributed by atoms with Crippen LogP contribution in [0.2, 0.25) is 0 Å². The van der Waals surface area contributed by atoms with Gasteiger partial charge in [-0.2, -0.15) is 0 Å². The van der Waals surface area contributed by atoms with Crippen LogP contribution >= 0.6 is 50.7 Å². The van der Waals surface area contributed by atoms with Gasteiger partial charge in [0.15, 0.2) is 5.82 Å². The number of halogens is 4. The predicted molar refractivity (Wildman–Crippen MR) is 64.7 cm³/mol. The molecule has 0 radical (unpaired) electrons. The number of nitrogens with one attached hydrogen (secondary N) is 1. The van der Waals surface area contributed by atoms with E-state index >= 15 is 0 Å². The number of phenols is 1. The third-order valence-corrected chi connectivity index (χ3v) is 2.99. The molecule has 80 valence electrons. The number of aromatic hydroxyl groups is 1. The molecule has 0 aliphatic carbocycles. The summed E-state index contributed by atoms with van der Waals surface area (Å²) in [5.41, 5.74) is 1.22. The molecule has 1 aromatic carbocycles. The second-order valence-corrected chi connectivity index (χ2v) is 6.04. The van der Waals surface area contributed by atoms with Gasteiger partial charge in [0.2, 0.25) is 3.79 Å². The van der Waals surface area contributed by atoms with Crippen LogP contribution in [0.25, 0.3) is 11.0 Å². The number of aromatic amines is 1. The van der Waals surface area contributed by atoms with Gasteiger partial charge in [-0.05, 0) is 22.0 Å². The van der Waals surface area contributed by atoms with E-state index in [2.05, 4.69) is 25.9 Å². The van der Waals surface area contributed by atoms with Gasteiger partial charge in [-0.1, -0.05) is 34.8 Å². The molecule has 0 saturated heterocycles. The first-order valence-corrected chi connectivity index (χ1v) is 5.76. The van der Waals surface area contributed by atoms with Gasteiger partial charge < -0.3 is 10.1 Å². The van der Waals surface area contributed by atoms with Crippen molar-refractivity contribution in [2.45, 2.75) is 3.79 Å². The normalized spacial score (nSPS) is 12.3. The Morgan fingerprint density at radius 1 is 1.33 bits per heavy atom. The highest BCUT2D eigenvalue weighted by atomic mass is 79.9. The van der Waals surface area contributed by atoms with Gasteiger partial charge in [0, 0.05) is 6.07 Å². The maximum atomic E-state index is 9.43. The summed E-state index contributed by atoms with van der Waals surface area (Å²) < 4.78 is -1.05. The molecule has 2 rings (SSSR count). The molecule has 0 fully saturated rings. The second-order valence-electron chi connectivity index (χ2n) is 2.90. The molecule has 2 N–H and O–H groups in total. The van der Waals surface area contributed by atoms with E-state index in [4.69, 9.17) is 34.8 Å². The Bertz CT molecular complexity index is 481. The van der Waals surface area contributed by atoms with Crippen molar-refractivity contribution in [2.24, 2.45) is 0 Å². The molecule has 0 atom stereocenters. The van der Waals surface area contributed by atoms with Crippen molar-refractivity contribution in [1.82, 2.24) is 9.97 Å². The van der Waals surface area contributed by atoms with Gasteiger partial charge in [-0.3, -0.25) is 0 Å². The third-order valence-electron chi connectivity index (χ3n) is 1.82. The summed E-state index contributed by atoms with van der Waals surface area (Å²) in [6.45, 7) is 0. The Labute approximate surface area is 108 Å². The quantitative estimate of drug-likeness (QED) is 0.721. The first-order chi connectivity index (χ1) is 6.88. The fourth-order valence-electron chi connectivity index (χ4n) is 1.15. The number of nitrogens with zero attached hydrogens (tertiary/aromatic N) is 1. The van der Waals surface area contributed by atoms with Crippen LogP contribution in [0.15, 0.2) is 16.6 Å². The molecular formula is C8H4BrCl3N2O. The van der Waals surface area contributed by atoms with Crippen LogP contribution in [-0.2, 0) is 3.79 Å². The zero-order chi connectivity index (χ0) is 11.2. The van der Waals surface area contributed by atoms with Crippen LogP contribution in [0.4, 0.5) is 0 Å². The number of aromatic nitrogens is 2. The van der Waals surface area contributed by atoms with Crippen molar-refractivity contribution in [3.05, 3.63) is 22.4 Å².